The molecule has 0 rings (SSSR count). The topological polar surface area (TPSA) is 60.4 Å². The van der Waals surface area contributed by atoms with Crippen molar-refractivity contribution in [1.82, 2.24) is 0 Å². The van der Waals surface area contributed by atoms with E-state index in [1.54, 1.807) is 34.6 Å². The number of hydrogen-bond acceptors (Lipinski definition) is 4. The van der Waals surface area contributed by atoms with Gasteiger partial charge in [0, 0.05) is 5.41 Å². The molecular formula is C10H17NaO4. The minimum atomic E-state index is -1.07. The molecule has 0 atom stereocenters. The van der Waals surface area contributed by atoms with Gasteiger partial charge in [-0.3, -0.25) is 9.59 Å². The van der Waals surface area contributed by atoms with Crippen LogP contribution in [0.15, 0.2) is 0 Å². The summed E-state index contributed by atoms with van der Waals surface area (Å²) in [4.78, 5) is 33.4. The van der Waals surface area contributed by atoms with E-state index in [9.17, 15) is 14.4 Å². The Morgan fingerprint density at radius 2 is 1.47 bits per heavy atom. The number of ether oxygens (including phenoxy) is 1. The first-order chi connectivity index (χ1) is 6.16. The molecule has 0 saturated heterocycles. The molecule has 0 N–H and O–H groups in total. The van der Waals surface area contributed by atoms with Crippen LogP contribution >= 0.6 is 0 Å². The fraction of sp³-hybridized carbons (Fsp3) is 0.700. The summed E-state index contributed by atoms with van der Waals surface area (Å²) in [5, 5.41) is 0. The Labute approximate surface area is 112 Å². The van der Waals surface area contributed by atoms with Crippen molar-refractivity contribution in [3.05, 3.63) is 0 Å². The maximum atomic E-state index is 11.3. The van der Waals surface area contributed by atoms with Crippen LogP contribution in [-0.4, -0.2) is 47.3 Å². The molecule has 5 heteroatoms. The Bertz CT molecular complexity index is 263. The molecule has 0 aromatic heterocycles. The van der Waals surface area contributed by atoms with Gasteiger partial charge >= 0.3 is 41.5 Å². The van der Waals surface area contributed by atoms with E-state index in [2.05, 4.69) is 4.74 Å². The molecule has 0 saturated carbocycles. The Kier molecular flexibility index (Phi) is 7.35. The first kappa shape index (κ1) is 17.2. The van der Waals surface area contributed by atoms with E-state index < -0.39 is 29.1 Å². The summed E-state index contributed by atoms with van der Waals surface area (Å²) in [7, 11) is 0. The number of Topliss-reactive ketones (excluding diaryl/α,β-unsaturated/α-hetero) is 1. The third kappa shape index (κ3) is 6.07. The zero-order valence-electron chi connectivity index (χ0n) is 9.21. The van der Waals surface area contributed by atoms with E-state index in [1.165, 1.54) is 0 Å². The van der Waals surface area contributed by atoms with Crippen molar-refractivity contribution in [2.45, 2.75) is 34.6 Å². The van der Waals surface area contributed by atoms with Gasteiger partial charge in [-0.25, -0.2) is 4.79 Å². The molecule has 0 unspecified atom stereocenters. The van der Waals surface area contributed by atoms with Gasteiger partial charge in [0.05, 0.1) is 5.92 Å². The van der Waals surface area contributed by atoms with E-state index >= 15 is 0 Å². The van der Waals surface area contributed by atoms with Crippen LogP contribution in [0.4, 0.5) is 0 Å². The van der Waals surface area contributed by atoms with Crippen molar-refractivity contribution in [3.8, 4) is 0 Å². The predicted molar refractivity (Wildman–Crippen MR) is 57.5 cm³/mol. The van der Waals surface area contributed by atoms with Crippen molar-refractivity contribution in [2.24, 2.45) is 11.3 Å². The second-order valence-corrected chi connectivity index (χ2v) is 4.44. The maximum absolute atomic E-state index is 11.3. The first-order valence-corrected chi connectivity index (χ1v) is 4.46. The molecule has 0 heterocycles. The molecule has 15 heavy (non-hydrogen) atoms. The summed E-state index contributed by atoms with van der Waals surface area (Å²) >= 11 is 0. The van der Waals surface area contributed by atoms with Crippen LogP contribution in [0.2, 0.25) is 0 Å². The average molecular weight is 224 g/mol. The number of carbonyl (C=O) groups excluding carboxylic acids is 3. The molecule has 0 aliphatic heterocycles. The van der Waals surface area contributed by atoms with Gasteiger partial charge in [-0.05, 0) is 0 Å². The molecular weight excluding hydrogens is 207 g/mol. The van der Waals surface area contributed by atoms with Crippen LogP contribution in [0.3, 0.4) is 0 Å². The van der Waals surface area contributed by atoms with Gasteiger partial charge in [0.25, 0.3) is 0 Å². The van der Waals surface area contributed by atoms with Crippen molar-refractivity contribution in [1.29, 1.82) is 0 Å². The molecule has 0 aromatic carbocycles. The van der Waals surface area contributed by atoms with E-state index in [0.29, 0.717) is 0 Å². The van der Waals surface area contributed by atoms with Crippen LogP contribution in [0, 0.1) is 11.3 Å². The van der Waals surface area contributed by atoms with Gasteiger partial charge in [-0.15, -0.1) is 0 Å². The normalized spacial score (nSPS) is 10.5. The molecule has 82 valence electrons. The Morgan fingerprint density at radius 1 is 1.07 bits per heavy atom. The molecule has 0 amide bonds. The van der Waals surface area contributed by atoms with Crippen LogP contribution < -0.4 is 0 Å². The molecule has 0 radical (unpaired) electrons. The van der Waals surface area contributed by atoms with Crippen molar-refractivity contribution in [3.63, 3.8) is 0 Å². The average Bonchev–Trinajstić information content (AvgIpc) is 2.00. The van der Waals surface area contributed by atoms with Crippen molar-refractivity contribution >= 4 is 47.3 Å². The van der Waals surface area contributed by atoms with Gasteiger partial charge < -0.3 is 4.74 Å². The summed E-state index contributed by atoms with van der Waals surface area (Å²) in [6, 6.07) is 0. The summed E-state index contributed by atoms with van der Waals surface area (Å²) in [5.41, 5.74) is -0.811. The Balaban J connectivity index is 0. The number of esters is 2. The molecule has 0 spiro atoms. The quantitative estimate of drug-likeness (QED) is 0.299. The minimum absolute atomic E-state index is 0. The zero-order valence-corrected chi connectivity index (χ0v) is 9.21. The van der Waals surface area contributed by atoms with Crippen LogP contribution in [0.25, 0.3) is 0 Å². The summed E-state index contributed by atoms with van der Waals surface area (Å²) in [6.07, 6.45) is 0. The fourth-order valence-corrected chi connectivity index (χ4v) is 0.562. The third-order valence-corrected chi connectivity index (χ3v) is 1.53. The molecule has 0 aliphatic carbocycles. The van der Waals surface area contributed by atoms with Gasteiger partial charge in [0.2, 0.25) is 5.78 Å². The van der Waals surface area contributed by atoms with E-state index in [1.807, 2.05) is 0 Å². The number of rotatable bonds is 2. The molecule has 0 fully saturated rings. The van der Waals surface area contributed by atoms with E-state index in [-0.39, 0.29) is 29.6 Å². The van der Waals surface area contributed by atoms with Gasteiger partial charge in [0.1, 0.15) is 0 Å². The van der Waals surface area contributed by atoms with Crippen molar-refractivity contribution < 1.29 is 19.1 Å². The molecule has 0 bridgehead atoms. The number of carbonyl (C=O) groups is 3. The van der Waals surface area contributed by atoms with Gasteiger partial charge in [-0.1, -0.05) is 34.6 Å². The van der Waals surface area contributed by atoms with Gasteiger partial charge in [-0.2, -0.15) is 0 Å². The Morgan fingerprint density at radius 3 is 1.73 bits per heavy atom. The first-order valence-electron chi connectivity index (χ1n) is 4.46. The Hall–Kier alpha value is -0.190. The standard InChI is InChI=1S/C10H16O4.Na.H/c1-6(2)8(12)14-9(13)7(11)10(3,4)5;;/h6H,1-5H3;;. The SMILES string of the molecule is CC(C)C(=O)OC(=O)C(=O)C(C)(C)C.[NaH]. The predicted octanol–water partition coefficient (Wildman–Crippen LogP) is 0.679. The molecule has 4 nitrogen and oxygen atoms in total. The molecule has 0 aromatic rings. The zero-order chi connectivity index (χ0) is 11.5. The van der Waals surface area contributed by atoms with Crippen LogP contribution in [0.1, 0.15) is 34.6 Å². The van der Waals surface area contributed by atoms with Crippen LogP contribution in [0.5, 0.6) is 0 Å². The number of hydrogen-bond donors (Lipinski definition) is 0. The second kappa shape index (κ2) is 6.40. The molecule has 0 aliphatic rings. The summed E-state index contributed by atoms with van der Waals surface area (Å²) in [5.74, 6) is -2.85. The van der Waals surface area contributed by atoms with E-state index in [0.717, 1.165) is 0 Å². The van der Waals surface area contributed by atoms with E-state index in [4.69, 9.17) is 0 Å². The monoisotopic (exact) mass is 224 g/mol. The summed E-state index contributed by atoms with van der Waals surface area (Å²) in [6.45, 7) is 7.97. The second-order valence-electron chi connectivity index (χ2n) is 4.44. The van der Waals surface area contributed by atoms with Gasteiger partial charge in [0.15, 0.2) is 0 Å². The van der Waals surface area contributed by atoms with Crippen LogP contribution in [-0.2, 0) is 19.1 Å². The summed E-state index contributed by atoms with van der Waals surface area (Å²) < 4.78 is 4.37. The third-order valence-electron chi connectivity index (χ3n) is 1.53. The number of ketones is 1. The fourth-order valence-electron chi connectivity index (χ4n) is 0.562. The van der Waals surface area contributed by atoms with Crippen molar-refractivity contribution in [2.75, 3.05) is 0 Å².